The molecule has 0 saturated carbocycles. The highest BCUT2D eigenvalue weighted by molar-refractivity contribution is 9.10. The van der Waals surface area contributed by atoms with Gasteiger partial charge in [-0.3, -0.25) is 0 Å². The van der Waals surface area contributed by atoms with Gasteiger partial charge in [0.2, 0.25) is 0 Å². The molecule has 6 heteroatoms. The quantitative estimate of drug-likeness (QED) is 0.920. The second-order valence-electron chi connectivity index (χ2n) is 5.34. The third-order valence-electron chi connectivity index (χ3n) is 3.82. The fourth-order valence-electron chi connectivity index (χ4n) is 2.77. The van der Waals surface area contributed by atoms with E-state index < -0.39 is 0 Å². The van der Waals surface area contributed by atoms with E-state index in [-0.39, 0.29) is 0 Å². The van der Waals surface area contributed by atoms with E-state index in [0.717, 1.165) is 46.0 Å². The third kappa shape index (κ3) is 2.96. The van der Waals surface area contributed by atoms with E-state index in [4.69, 9.17) is 10.5 Å². The maximum atomic E-state index is 6.00. The van der Waals surface area contributed by atoms with Gasteiger partial charge in [-0.15, -0.1) is 10.2 Å². The fraction of sp³-hybridized carbons (Fsp3) is 0.467. The molecule has 21 heavy (non-hydrogen) atoms. The number of hydrogen-bond donors (Lipinski definition) is 1. The Kier molecular flexibility index (Phi) is 4.26. The maximum Gasteiger partial charge on any atom is 0.171 e. The van der Waals surface area contributed by atoms with Gasteiger partial charge in [-0.1, -0.05) is 15.9 Å². The van der Waals surface area contributed by atoms with Crippen molar-refractivity contribution in [1.29, 1.82) is 0 Å². The van der Waals surface area contributed by atoms with Gasteiger partial charge in [0.25, 0.3) is 0 Å². The molecule has 0 amide bonds. The summed E-state index contributed by atoms with van der Waals surface area (Å²) in [6, 6.07) is 4.04. The van der Waals surface area contributed by atoms with Gasteiger partial charge in [0.1, 0.15) is 18.2 Å². The van der Waals surface area contributed by atoms with E-state index in [1.807, 2.05) is 19.1 Å². The summed E-state index contributed by atoms with van der Waals surface area (Å²) in [4.78, 5) is 0. The first kappa shape index (κ1) is 14.5. The van der Waals surface area contributed by atoms with E-state index in [9.17, 15) is 0 Å². The van der Waals surface area contributed by atoms with Gasteiger partial charge in [0.15, 0.2) is 5.82 Å². The molecule has 1 aliphatic heterocycles. The molecule has 0 atom stereocenters. The minimum absolute atomic E-state index is 0.433. The number of ether oxygens (including phenoxy) is 1. The van der Waals surface area contributed by atoms with Crippen molar-refractivity contribution in [3.05, 3.63) is 39.4 Å². The highest BCUT2D eigenvalue weighted by atomic mass is 79.9. The Labute approximate surface area is 132 Å². The third-order valence-corrected chi connectivity index (χ3v) is 4.28. The van der Waals surface area contributed by atoms with Crippen LogP contribution in [0.1, 0.15) is 35.6 Å². The summed E-state index contributed by atoms with van der Waals surface area (Å²) in [5.41, 5.74) is 7.89. The molecule has 1 aliphatic rings. The molecule has 0 fully saturated rings. The minimum atomic E-state index is 0.433. The Morgan fingerprint density at radius 1 is 1.33 bits per heavy atom. The summed E-state index contributed by atoms with van der Waals surface area (Å²) in [7, 11) is 0. The van der Waals surface area contributed by atoms with Crippen LogP contribution in [0.4, 0.5) is 0 Å². The van der Waals surface area contributed by atoms with Crippen molar-refractivity contribution in [3.63, 3.8) is 0 Å². The standard InChI is InChI=1S/C15H19BrN4O/c1-10-6-12(16)7-11(8-17)15(10)21-9-14-19-18-13-4-2-3-5-20(13)14/h6-7H,2-5,8-9,17H2,1H3. The van der Waals surface area contributed by atoms with Gasteiger partial charge >= 0.3 is 0 Å². The van der Waals surface area contributed by atoms with Crippen molar-refractivity contribution in [1.82, 2.24) is 14.8 Å². The normalized spacial score (nSPS) is 14.0. The molecule has 0 unspecified atom stereocenters. The SMILES string of the molecule is Cc1cc(Br)cc(CN)c1OCc1nnc2n1CCCC2. The van der Waals surface area contributed by atoms with Crippen LogP contribution in [0.2, 0.25) is 0 Å². The Balaban J connectivity index is 1.81. The van der Waals surface area contributed by atoms with Crippen molar-refractivity contribution in [2.45, 2.75) is 45.9 Å². The van der Waals surface area contributed by atoms with Crippen LogP contribution >= 0.6 is 15.9 Å². The molecular weight excluding hydrogens is 332 g/mol. The van der Waals surface area contributed by atoms with Crippen LogP contribution in [0.5, 0.6) is 5.75 Å². The Hall–Kier alpha value is -1.40. The molecule has 0 aliphatic carbocycles. The van der Waals surface area contributed by atoms with Crippen LogP contribution in [-0.4, -0.2) is 14.8 Å². The number of halogens is 1. The number of benzene rings is 1. The van der Waals surface area contributed by atoms with Gasteiger partial charge in [0, 0.05) is 29.5 Å². The summed E-state index contributed by atoms with van der Waals surface area (Å²) in [5, 5.41) is 8.51. The number of aryl methyl sites for hydroxylation is 2. The van der Waals surface area contributed by atoms with Crippen molar-refractivity contribution in [3.8, 4) is 5.75 Å². The Morgan fingerprint density at radius 3 is 3.00 bits per heavy atom. The van der Waals surface area contributed by atoms with E-state index in [1.54, 1.807) is 0 Å². The molecule has 5 nitrogen and oxygen atoms in total. The van der Waals surface area contributed by atoms with Crippen molar-refractivity contribution >= 4 is 15.9 Å². The lowest BCUT2D eigenvalue weighted by Gasteiger charge is -2.17. The predicted octanol–water partition coefficient (Wildman–Crippen LogP) is 2.72. The van der Waals surface area contributed by atoms with Gasteiger partial charge in [-0.05, 0) is 37.5 Å². The van der Waals surface area contributed by atoms with Gasteiger partial charge in [-0.2, -0.15) is 0 Å². The van der Waals surface area contributed by atoms with Crippen molar-refractivity contribution in [2.75, 3.05) is 0 Å². The topological polar surface area (TPSA) is 66.0 Å². The lowest BCUT2D eigenvalue weighted by Crippen LogP contribution is -2.15. The zero-order valence-corrected chi connectivity index (χ0v) is 13.7. The second-order valence-corrected chi connectivity index (χ2v) is 6.26. The smallest absolute Gasteiger partial charge is 0.171 e. The number of nitrogens with two attached hydrogens (primary N) is 1. The van der Waals surface area contributed by atoms with Gasteiger partial charge < -0.3 is 15.0 Å². The predicted molar refractivity (Wildman–Crippen MR) is 84.1 cm³/mol. The molecule has 0 saturated heterocycles. The first-order valence-electron chi connectivity index (χ1n) is 7.22. The number of aromatic nitrogens is 3. The minimum Gasteiger partial charge on any atom is -0.485 e. The van der Waals surface area contributed by atoms with Crippen LogP contribution in [0.15, 0.2) is 16.6 Å². The van der Waals surface area contributed by atoms with Crippen molar-refractivity contribution in [2.24, 2.45) is 5.73 Å². The van der Waals surface area contributed by atoms with E-state index >= 15 is 0 Å². The largest absolute Gasteiger partial charge is 0.485 e. The number of rotatable bonds is 4. The first-order valence-corrected chi connectivity index (χ1v) is 8.01. The van der Waals surface area contributed by atoms with Crippen LogP contribution in [0.3, 0.4) is 0 Å². The summed E-state index contributed by atoms with van der Waals surface area (Å²) in [6.45, 7) is 3.90. The van der Waals surface area contributed by atoms with Crippen molar-refractivity contribution < 1.29 is 4.74 Å². The lowest BCUT2D eigenvalue weighted by atomic mass is 10.1. The second kappa shape index (κ2) is 6.15. The first-order chi connectivity index (χ1) is 10.2. The lowest BCUT2D eigenvalue weighted by molar-refractivity contribution is 0.281. The van der Waals surface area contributed by atoms with E-state index in [0.29, 0.717) is 13.2 Å². The molecule has 2 aromatic rings. The van der Waals surface area contributed by atoms with Crippen LogP contribution < -0.4 is 10.5 Å². The zero-order chi connectivity index (χ0) is 14.8. The molecule has 1 aromatic heterocycles. The molecule has 2 heterocycles. The van der Waals surface area contributed by atoms with Gasteiger partial charge in [-0.25, -0.2) is 0 Å². The number of hydrogen-bond acceptors (Lipinski definition) is 4. The van der Waals surface area contributed by atoms with Crippen LogP contribution in [-0.2, 0) is 26.1 Å². The van der Waals surface area contributed by atoms with Crippen LogP contribution in [0.25, 0.3) is 0 Å². The molecule has 3 rings (SSSR count). The van der Waals surface area contributed by atoms with E-state index in [1.165, 1.54) is 12.8 Å². The number of nitrogens with zero attached hydrogens (tertiary/aromatic N) is 3. The Bertz CT molecular complexity index is 653. The molecular formula is C15H19BrN4O. The molecule has 112 valence electrons. The average molecular weight is 351 g/mol. The fourth-order valence-corrected chi connectivity index (χ4v) is 3.39. The zero-order valence-electron chi connectivity index (χ0n) is 12.1. The summed E-state index contributed by atoms with van der Waals surface area (Å²) in [6.07, 6.45) is 3.39. The summed E-state index contributed by atoms with van der Waals surface area (Å²) >= 11 is 3.49. The van der Waals surface area contributed by atoms with Crippen LogP contribution in [0, 0.1) is 6.92 Å². The Morgan fingerprint density at radius 2 is 2.19 bits per heavy atom. The maximum absolute atomic E-state index is 6.00. The average Bonchev–Trinajstić information content (AvgIpc) is 2.89. The molecule has 2 N–H and O–H groups in total. The molecule has 0 radical (unpaired) electrons. The monoisotopic (exact) mass is 350 g/mol. The summed E-state index contributed by atoms with van der Waals surface area (Å²) in [5.74, 6) is 2.83. The molecule has 0 spiro atoms. The van der Waals surface area contributed by atoms with Gasteiger partial charge in [0.05, 0.1) is 0 Å². The highest BCUT2D eigenvalue weighted by Crippen LogP contribution is 2.28. The highest BCUT2D eigenvalue weighted by Gasteiger charge is 2.17. The molecule has 0 bridgehead atoms. The number of fused-ring (bicyclic) bond motifs is 1. The molecule has 1 aromatic carbocycles. The van der Waals surface area contributed by atoms with E-state index in [2.05, 4.69) is 30.7 Å². The summed E-state index contributed by atoms with van der Waals surface area (Å²) < 4.78 is 9.20.